The first-order chi connectivity index (χ1) is 9.63. The third-order valence-corrected chi connectivity index (χ3v) is 3.80. The van der Waals surface area contributed by atoms with Gasteiger partial charge in [-0.05, 0) is 24.6 Å². The number of aromatic nitrogens is 2. The summed E-state index contributed by atoms with van der Waals surface area (Å²) in [7, 11) is 0. The highest BCUT2D eigenvalue weighted by Gasteiger charge is 2.06. The van der Waals surface area contributed by atoms with E-state index in [-0.39, 0.29) is 11.2 Å². The molecule has 6 heteroatoms. The molecule has 0 aliphatic heterocycles. The molecular formula is C14H16BrN3O2. The fourth-order valence-corrected chi connectivity index (χ4v) is 2.35. The van der Waals surface area contributed by atoms with Gasteiger partial charge in [-0.1, -0.05) is 34.1 Å². The topological polar surface area (TPSA) is 70.0 Å². The second-order valence-corrected chi connectivity index (χ2v) is 5.30. The number of nitrogens with zero attached hydrogens (tertiary/aromatic N) is 2. The molecule has 2 aromatic rings. The Morgan fingerprint density at radius 2 is 1.90 bits per heavy atom. The summed E-state index contributed by atoms with van der Waals surface area (Å²) in [5, 5.41) is 0. The molecular weight excluding hydrogens is 322 g/mol. The molecule has 0 atom stereocenters. The summed E-state index contributed by atoms with van der Waals surface area (Å²) in [6, 6.07) is 9.10. The minimum Gasteiger partial charge on any atom is -0.330 e. The lowest BCUT2D eigenvalue weighted by Crippen LogP contribution is -2.39. The van der Waals surface area contributed by atoms with Crippen LogP contribution in [-0.4, -0.2) is 15.7 Å². The van der Waals surface area contributed by atoms with Crippen LogP contribution in [0.2, 0.25) is 0 Å². The molecule has 0 aliphatic rings. The molecule has 0 unspecified atom stereocenters. The van der Waals surface area contributed by atoms with Crippen LogP contribution < -0.4 is 17.0 Å². The van der Waals surface area contributed by atoms with Crippen LogP contribution in [0, 0.1) is 0 Å². The Hall–Kier alpha value is -1.66. The van der Waals surface area contributed by atoms with Gasteiger partial charge in [0, 0.05) is 23.3 Å². The Balaban J connectivity index is 2.36. The van der Waals surface area contributed by atoms with Gasteiger partial charge in [-0.2, -0.15) is 0 Å². The van der Waals surface area contributed by atoms with Crippen molar-refractivity contribution in [1.82, 2.24) is 9.13 Å². The highest BCUT2D eigenvalue weighted by molar-refractivity contribution is 9.10. The quantitative estimate of drug-likeness (QED) is 0.890. The first kappa shape index (κ1) is 14.7. The second-order valence-electron chi connectivity index (χ2n) is 4.45. The van der Waals surface area contributed by atoms with Crippen LogP contribution in [0.3, 0.4) is 0 Å². The van der Waals surface area contributed by atoms with Gasteiger partial charge in [0.1, 0.15) is 0 Å². The Morgan fingerprint density at radius 1 is 1.15 bits per heavy atom. The van der Waals surface area contributed by atoms with Crippen LogP contribution in [0.15, 0.2) is 50.6 Å². The maximum absolute atomic E-state index is 12.3. The minimum atomic E-state index is -0.304. The molecule has 2 rings (SSSR count). The van der Waals surface area contributed by atoms with Crippen molar-refractivity contribution in [3.8, 4) is 0 Å². The van der Waals surface area contributed by atoms with Crippen molar-refractivity contribution in [3.63, 3.8) is 0 Å². The number of hydrogen-bond donors (Lipinski definition) is 1. The summed E-state index contributed by atoms with van der Waals surface area (Å²) in [5.41, 5.74) is 5.82. The van der Waals surface area contributed by atoms with Crippen molar-refractivity contribution in [1.29, 1.82) is 0 Å². The molecule has 5 nitrogen and oxygen atoms in total. The van der Waals surface area contributed by atoms with Crippen LogP contribution >= 0.6 is 15.9 Å². The van der Waals surface area contributed by atoms with Gasteiger partial charge in [-0.3, -0.25) is 13.9 Å². The predicted octanol–water partition coefficient (Wildman–Crippen LogP) is 1.17. The van der Waals surface area contributed by atoms with E-state index < -0.39 is 0 Å². The monoisotopic (exact) mass is 337 g/mol. The van der Waals surface area contributed by atoms with Crippen LogP contribution in [0.4, 0.5) is 0 Å². The van der Waals surface area contributed by atoms with Crippen molar-refractivity contribution in [2.45, 2.75) is 19.5 Å². The molecule has 0 aliphatic carbocycles. The Kier molecular flexibility index (Phi) is 4.92. The van der Waals surface area contributed by atoms with Crippen molar-refractivity contribution in [2.75, 3.05) is 6.54 Å². The molecule has 20 heavy (non-hydrogen) atoms. The van der Waals surface area contributed by atoms with Gasteiger partial charge in [-0.15, -0.1) is 0 Å². The Bertz CT molecular complexity index is 706. The molecule has 0 spiro atoms. The summed E-state index contributed by atoms with van der Waals surface area (Å²) in [6.07, 6.45) is 2.14. The number of benzene rings is 1. The lowest BCUT2D eigenvalue weighted by atomic mass is 10.2. The summed E-state index contributed by atoms with van der Waals surface area (Å²) in [5.74, 6) is 0. The number of halogens is 1. The van der Waals surface area contributed by atoms with Crippen molar-refractivity contribution >= 4 is 15.9 Å². The summed E-state index contributed by atoms with van der Waals surface area (Å²) in [6.45, 7) is 1.22. The van der Waals surface area contributed by atoms with Gasteiger partial charge >= 0.3 is 5.69 Å². The van der Waals surface area contributed by atoms with E-state index in [1.165, 1.54) is 21.4 Å². The van der Waals surface area contributed by atoms with Gasteiger partial charge in [0.05, 0.1) is 6.54 Å². The van der Waals surface area contributed by atoms with E-state index in [0.29, 0.717) is 26.1 Å². The van der Waals surface area contributed by atoms with Crippen molar-refractivity contribution in [2.24, 2.45) is 5.73 Å². The number of hydrogen-bond acceptors (Lipinski definition) is 3. The third-order valence-electron chi connectivity index (χ3n) is 3.02. The molecule has 0 bridgehead atoms. The molecule has 0 fully saturated rings. The Morgan fingerprint density at radius 3 is 2.60 bits per heavy atom. The van der Waals surface area contributed by atoms with Crippen LogP contribution in [-0.2, 0) is 13.1 Å². The molecule has 0 saturated carbocycles. The summed E-state index contributed by atoms with van der Waals surface area (Å²) in [4.78, 5) is 24.0. The predicted molar refractivity (Wildman–Crippen MR) is 81.9 cm³/mol. The van der Waals surface area contributed by atoms with Gasteiger partial charge < -0.3 is 5.73 Å². The largest absolute Gasteiger partial charge is 0.331 e. The standard InChI is InChI=1S/C14H16BrN3O2/c15-12-5-2-1-4-11(12)10-17-9-6-13(19)18(14(17)20)8-3-7-16/h1-2,4-6,9H,3,7-8,10,16H2. The lowest BCUT2D eigenvalue weighted by molar-refractivity contribution is 0.554. The zero-order valence-corrected chi connectivity index (χ0v) is 12.5. The average Bonchev–Trinajstić information content (AvgIpc) is 2.44. The highest BCUT2D eigenvalue weighted by atomic mass is 79.9. The fraction of sp³-hybridized carbons (Fsp3) is 0.286. The lowest BCUT2D eigenvalue weighted by Gasteiger charge is -2.10. The maximum Gasteiger partial charge on any atom is 0.331 e. The van der Waals surface area contributed by atoms with Crippen LogP contribution in [0.25, 0.3) is 0 Å². The van der Waals surface area contributed by atoms with Crippen LogP contribution in [0.1, 0.15) is 12.0 Å². The zero-order valence-electron chi connectivity index (χ0n) is 11.0. The zero-order chi connectivity index (χ0) is 14.5. The SMILES string of the molecule is NCCCn1c(=O)ccn(Cc2ccccc2Br)c1=O. The number of rotatable bonds is 5. The molecule has 0 radical (unpaired) electrons. The second kappa shape index (κ2) is 6.67. The molecule has 1 aromatic carbocycles. The van der Waals surface area contributed by atoms with Gasteiger partial charge in [-0.25, -0.2) is 4.79 Å². The molecule has 0 amide bonds. The van der Waals surface area contributed by atoms with Gasteiger partial charge in [0.15, 0.2) is 0 Å². The average molecular weight is 338 g/mol. The van der Waals surface area contributed by atoms with E-state index in [4.69, 9.17) is 5.73 Å². The molecule has 0 saturated heterocycles. The van der Waals surface area contributed by atoms with E-state index >= 15 is 0 Å². The fourth-order valence-electron chi connectivity index (χ4n) is 1.94. The van der Waals surface area contributed by atoms with E-state index in [9.17, 15) is 9.59 Å². The minimum absolute atomic E-state index is 0.285. The smallest absolute Gasteiger partial charge is 0.330 e. The maximum atomic E-state index is 12.3. The van der Waals surface area contributed by atoms with E-state index in [0.717, 1.165) is 10.0 Å². The molecule has 1 heterocycles. The van der Waals surface area contributed by atoms with E-state index in [2.05, 4.69) is 15.9 Å². The number of nitrogens with two attached hydrogens (primary N) is 1. The van der Waals surface area contributed by atoms with Crippen molar-refractivity contribution < 1.29 is 0 Å². The summed E-state index contributed by atoms with van der Waals surface area (Å²) < 4.78 is 3.69. The van der Waals surface area contributed by atoms with E-state index in [1.54, 1.807) is 0 Å². The first-order valence-electron chi connectivity index (χ1n) is 6.37. The van der Waals surface area contributed by atoms with E-state index in [1.807, 2.05) is 24.3 Å². The van der Waals surface area contributed by atoms with Crippen molar-refractivity contribution in [3.05, 3.63) is 67.4 Å². The highest BCUT2D eigenvalue weighted by Crippen LogP contribution is 2.16. The molecule has 2 N–H and O–H groups in total. The first-order valence-corrected chi connectivity index (χ1v) is 7.16. The normalized spacial score (nSPS) is 10.7. The Labute approximate surface area is 124 Å². The van der Waals surface area contributed by atoms with Gasteiger partial charge in [0.2, 0.25) is 0 Å². The third kappa shape index (κ3) is 3.26. The van der Waals surface area contributed by atoms with Crippen LogP contribution in [0.5, 0.6) is 0 Å². The summed E-state index contributed by atoms with van der Waals surface area (Å²) >= 11 is 3.45. The molecule has 1 aromatic heterocycles. The molecule has 106 valence electrons. The van der Waals surface area contributed by atoms with Gasteiger partial charge in [0.25, 0.3) is 5.56 Å².